The maximum atomic E-state index is 12.2. The van der Waals surface area contributed by atoms with E-state index in [9.17, 15) is 19.8 Å². The number of hydrogen-bond donors (Lipinski definition) is 2. The quantitative estimate of drug-likeness (QED) is 0.327. The summed E-state index contributed by atoms with van der Waals surface area (Å²) in [7, 11) is 1.48. The molecule has 1 aliphatic rings. The van der Waals surface area contributed by atoms with Crippen LogP contribution in [0, 0.1) is 5.92 Å². The summed E-state index contributed by atoms with van der Waals surface area (Å²) in [5.41, 5.74) is -0.147. The van der Waals surface area contributed by atoms with E-state index in [2.05, 4.69) is 6.92 Å². The highest BCUT2D eigenvalue weighted by Crippen LogP contribution is 2.28. The number of carbonyl (C=O) groups is 2. The number of allylic oxidation sites excluding steroid dienone is 1. The number of Topliss-reactive ketones (excluding diaryl/α,β-unsaturated/α-hetero) is 1. The number of aliphatic hydroxyl groups excluding tert-OH is 2. The van der Waals surface area contributed by atoms with Gasteiger partial charge in [-0.25, -0.2) is 0 Å². The lowest BCUT2D eigenvalue weighted by Crippen LogP contribution is -2.40. The minimum atomic E-state index is -0.948. The molecule has 0 aromatic rings. The van der Waals surface area contributed by atoms with E-state index in [4.69, 9.17) is 0 Å². The Labute approximate surface area is 126 Å². The minimum absolute atomic E-state index is 0.128. The number of rotatable bonds is 7. The third-order valence-corrected chi connectivity index (χ3v) is 4.14. The van der Waals surface area contributed by atoms with Gasteiger partial charge < -0.3 is 15.1 Å². The second-order valence-electron chi connectivity index (χ2n) is 5.98. The predicted octanol–water partition coefficient (Wildman–Crippen LogP) is 2.20. The highest BCUT2D eigenvalue weighted by molar-refractivity contribution is 6.26. The molecule has 0 aliphatic carbocycles. The predicted molar refractivity (Wildman–Crippen MR) is 80.8 cm³/mol. The molecule has 0 spiro atoms. The maximum Gasteiger partial charge on any atom is 0.261 e. The monoisotopic (exact) mass is 297 g/mol. The smallest absolute Gasteiger partial charge is 0.261 e. The van der Waals surface area contributed by atoms with E-state index in [1.54, 1.807) is 0 Å². The average molecular weight is 297 g/mol. The molecule has 5 heteroatoms. The van der Waals surface area contributed by atoms with E-state index in [0.29, 0.717) is 0 Å². The van der Waals surface area contributed by atoms with Crippen LogP contribution in [0.25, 0.3) is 0 Å². The maximum absolute atomic E-state index is 12.2. The average Bonchev–Trinajstić information content (AvgIpc) is 2.64. The van der Waals surface area contributed by atoms with Crippen LogP contribution < -0.4 is 0 Å². The Balaban J connectivity index is 2.85. The Morgan fingerprint density at radius 1 is 1.24 bits per heavy atom. The van der Waals surface area contributed by atoms with Gasteiger partial charge in [-0.15, -0.1) is 0 Å². The van der Waals surface area contributed by atoms with E-state index in [1.807, 2.05) is 6.92 Å². The standard InChI is InChI=1S/C16H27NO4/c1-5-6-7-8-9-10(2)14(19)12-15(20)13(11(3)18)17(4)16(12)21/h10-11,13,18-19H,5-9H2,1-4H3/b14-12-/t10?,11-,13-/m1/s1. The Morgan fingerprint density at radius 3 is 2.33 bits per heavy atom. The first-order chi connectivity index (χ1) is 9.82. The largest absolute Gasteiger partial charge is 0.511 e. The van der Waals surface area contributed by atoms with Gasteiger partial charge in [-0.05, 0) is 13.3 Å². The number of aliphatic hydroxyl groups is 2. The van der Waals surface area contributed by atoms with Crippen LogP contribution >= 0.6 is 0 Å². The van der Waals surface area contributed by atoms with Gasteiger partial charge in [-0.3, -0.25) is 9.59 Å². The Bertz CT molecular complexity index is 428. The second-order valence-corrected chi connectivity index (χ2v) is 5.98. The van der Waals surface area contributed by atoms with Crippen LogP contribution in [0.3, 0.4) is 0 Å². The number of ketones is 1. The molecule has 1 fully saturated rings. The molecule has 5 nitrogen and oxygen atoms in total. The first kappa shape index (κ1) is 17.7. The molecule has 0 aromatic heterocycles. The normalized spacial score (nSPS) is 24.4. The lowest BCUT2D eigenvalue weighted by Gasteiger charge is -2.19. The summed E-state index contributed by atoms with van der Waals surface area (Å²) in [6.45, 7) is 5.43. The molecule has 0 radical (unpaired) electrons. The summed E-state index contributed by atoms with van der Waals surface area (Å²) < 4.78 is 0. The molecule has 21 heavy (non-hydrogen) atoms. The van der Waals surface area contributed by atoms with E-state index in [-0.39, 0.29) is 17.3 Å². The molecule has 1 saturated heterocycles. The van der Waals surface area contributed by atoms with Crippen molar-refractivity contribution in [2.45, 2.75) is 65.0 Å². The Hall–Kier alpha value is -1.36. The number of nitrogens with zero attached hydrogens (tertiary/aromatic N) is 1. The van der Waals surface area contributed by atoms with Crippen molar-refractivity contribution in [2.24, 2.45) is 5.92 Å². The van der Waals surface area contributed by atoms with Crippen molar-refractivity contribution in [1.29, 1.82) is 0 Å². The SMILES string of the molecule is CCCCCCC(C)/C(O)=C1\C(=O)[C@@H]([C@@H](C)O)N(C)C1=O. The van der Waals surface area contributed by atoms with Gasteiger partial charge >= 0.3 is 0 Å². The van der Waals surface area contributed by atoms with Crippen molar-refractivity contribution < 1.29 is 19.8 Å². The number of amides is 1. The zero-order chi connectivity index (χ0) is 16.2. The van der Waals surface area contributed by atoms with Gasteiger partial charge in [0.05, 0.1) is 6.10 Å². The van der Waals surface area contributed by atoms with E-state index in [0.717, 1.165) is 32.1 Å². The van der Waals surface area contributed by atoms with Crippen LogP contribution in [0.5, 0.6) is 0 Å². The minimum Gasteiger partial charge on any atom is -0.511 e. The summed E-state index contributed by atoms with van der Waals surface area (Å²) in [6.07, 6.45) is 4.13. The van der Waals surface area contributed by atoms with Gasteiger partial charge in [-0.2, -0.15) is 0 Å². The Kier molecular flexibility index (Phi) is 6.40. The van der Waals surface area contributed by atoms with E-state index >= 15 is 0 Å². The summed E-state index contributed by atoms with van der Waals surface area (Å²) >= 11 is 0. The lowest BCUT2D eigenvalue weighted by atomic mass is 9.95. The van der Waals surface area contributed by atoms with Gasteiger partial charge in [-0.1, -0.05) is 39.5 Å². The molecular weight excluding hydrogens is 270 g/mol. The summed E-state index contributed by atoms with van der Waals surface area (Å²) in [4.78, 5) is 25.6. The van der Waals surface area contributed by atoms with Crippen LogP contribution in [0.2, 0.25) is 0 Å². The van der Waals surface area contributed by atoms with Crippen molar-refractivity contribution in [3.05, 3.63) is 11.3 Å². The van der Waals surface area contributed by atoms with Crippen molar-refractivity contribution in [3.63, 3.8) is 0 Å². The van der Waals surface area contributed by atoms with Crippen LogP contribution in [-0.4, -0.2) is 46.0 Å². The second kappa shape index (κ2) is 7.59. The topological polar surface area (TPSA) is 77.8 Å². The molecule has 120 valence electrons. The molecular formula is C16H27NO4. The fourth-order valence-corrected chi connectivity index (χ4v) is 2.77. The van der Waals surface area contributed by atoms with Crippen LogP contribution in [-0.2, 0) is 9.59 Å². The number of hydrogen-bond acceptors (Lipinski definition) is 4. The van der Waals surface area contributed by atoms with Gasteiger partial charge in [0.15, 0.2) is 5.78 Å². The Morgan fingerprint density at radius 2 is 1.86 bits per heavy atom. The van der Waals surface area contributed by atoms with Crippen molar-refractivity contribution in [3.8, 4) is 0 Å². The molecule has 3 atom stereocenters. The fourth-order valence-electron chi connectivity index (χ4n) is 2.77. The van der Waals surface area contributed by atoms with Crippen LogP contribution in [0.4, 0.5) is 0 Å². The van der Waals surface area contributed by atoms with Crippen molar-refractivity contribution in [2.75, 3.05) is 7.05 Å². The van der Waals surface area contributed by atoms with Crippen molar-refractivity contribution in [1.82, 2.24) is 4.90 Å². The first-order valence-corrected chi connectivity index (χ1v) is 7.75. The van der Waals surface area contributed by atoms with Crippen LogP contribution in [0.15, 0.2) is 11.3 Å². The van der Waals surface area contributed by atoms with Crippen LogP contribution in [0.1, 0.15) is 52.9 Å². The third-order valence-electron chi connectivity index (χ3n) is 4.14. The van der Waals surface area contributed by atoms with Crippen molar-refractivity contribution >= 4 is 11.7 Å². The van der Waals surface area contributed by atoms with Gasteiger partial charge in [0.2, 0.25) is 0 Å². The molecule has 0 saturated carbocycles. The zero-order valence-electron chi connectivity index (χ0n) is 13.4. The van der Waals surface area contributed by atoms with Gasteiger partial charge in [0, 0.05) is 13.0 Å². The summed E-state index contributed by atoms with van der Waals surface area (Å²) in [5.74, 6) is -1.32. The highest BCUT2D eigenvalue weighted by atomic mass is 16.3. The highest BCUT2D eigenvalue weighted by Gasteiger charge is 2.45. The van der Waals surface area contributed by atoms with Gasteiger partial charge in [0.25, 0.3) is 5.91 Å². The number of unbranched alkanes of at least 4 members (excludes halogenated alkanes) is 3. The number of likely N-dealkylation sites (tertiary alicyclic amines) is 1. The first-order valence-electron chi connectivity index (χ1n) is 7.75. The van der Waals surface area contributed by atoms with E-state index in [1.165, 1.54) is 18.9 Å². The zero-order valence-corrected chi connectivity index (χ0v) is 13.4. The molecule has 1 heterocycles. The molecule has 1 amide bonds. The molecule has 2 N–H and O–H groups in total. The summed E-state index contributed by atoms with van der Waals surface area (Å²) in [5, 5.41) is 19.9. The lowest BCUT2D eigenvalue weighted by molar-refractivity contribution is -0.128. The molecule has 1 aliphatic heterocycles. The summed E-state index contributed by atoms with van der Waals surface area (Å²) in [6, 6.07) is -0.887. The third kappa shape index (κ3) is 3.84. The number of likely N-dealkylation sites (N-methyl/N-ethyl adjacent to an activating group) is 1. The van der Waals surface area contributed by atoms with Gasteiger partial charge in [0.1, 0.15) is 17.4 Å². The molecule has 0 aromatic carbocycles. The fraction of sp³-hybridized carbons (Fsp3) is 0.750. The molecule has 1 unspecified atom stereocenters. The van der Waals surface area contributed by atoms with E-state index < -0.39 is 23.8 Å². The molecule has 0 bridgehead atoms. The number of carbonyl (C=O) groups excluding carboxylic acids is 2. The molecule has 1 rings (SSSR count).